The van der Waals surface area contributed by atoms with Crippen LogP contribution in [0.1, 0.15) is 54.8 Å². The van der Waals surface area contributed by atoms with Gasteiger partial charge in [-0.1, -0.05) is 29.8 Å². The number of aryl methyl sites for hydroxylation is 2. The molecule has 3 aromatic rings. The molecule has 1 unspecified atom stereocenters. The first kappa shape index (κ1) is 21.5. The number of hydrogen-bond acceptors (Lipinski definition) is 5. The normalized spacial score (nSPS) is 18.4. The summed E-state index contributed by atoms with van der Waals surface area (Å²) >= 11 is 0. The van der Waals surface area contributed by atoms with E-state index < -0.39 is 15.4 Å². The number of pyridine rings is 1. The van der Waals surface area contributed by atoms with Crippen molar-refractivity contribution in [3.63, 3.8) is 0 Å². The van der Waals surface area contributed by atoms with E-state index in [1.807, 2.05) is 58.9 Å². The summed E-state index contributed by atoms with van der Waals surface area (Å²) in [4.78, 5) is 18.1. The molecule has 31 heavy (non-hydrogen) atoms. The molecule has 0 aliphatic carbocycles. The minimum atomic E-state index is -3.09. The van der Waals surface area contributed by atoms with Gasteiger partial charge in [-0.3, -0.25) is 4.79 Å². The molecule has 1 aliphatic heterocycles. The Morgan fingerprint density at radius 3 is 2.42 bits per heavy atom. The van der Waals surface area contributed by atoms with Crippen LogP contribution in [-0.2, 0) is 9.84 Å². The molecule has 1 aromatic carbocycles. The van der Waals surface area contributed by atoms with Crippen molar-refractivity contribution in [1.82, 2.24) is 20.1 Å². The monoisotopic (exact) mass is 440 g/mol. The lowest BCUT2D eigenvalue weighted by Crippen LogP contribution is -2.40. The molecule has 1 fully saturated rings. The van der Waals surface area contributed by atoms with Gasteiger partial charge in [-0.15, -0.1) is 0 Å². The third-order valence-electron chi connectivity index (χ3n) is 5.47. The second kappa shape index (κ2) is 7.44. The van der Waals surface area contributed by atoms with Crippen molar-refractivity contribution < 1.29 is 13.2 Å². The summed E-state index contributed by atoms with van der Waals surface area (Å²) in [5.41, 5.74) is 4.00. The van der Waals surface area contributed by atoms with Gasteiger partial charge < -0.3 is 5.32 Å². The topological polar surface area (TPSA) is 94.0 Å². The second-order valence-corrected chi connectivity index (χ2v) is 11.6. The van der Waals surface area contributed by atoms with Gasteiger partial charge in [-0.25, -0.2) is 18.1 Å². The van der Waals surface area contributed by atoms with Crippen LogP contribution in [0.15, 0.2) is 30.3 Å². The first-order valence-corrected chi connectivity index (χ1v) is 12.3. The average Bonchev–Trinajstić information content (AvgIpc) is 3.19. The Bertz CT molecular complexity index is 1270. The highest BCUT2D eigenvalue weighted by Gasteiger charge is 2.32. The van der Waals surface area contributed by atoms with Crippen LogP contribution in [-0.4, -0.2) is 46.1 Å². The summed E-state index contributed by atoms with van der Waals surface area (Å²) in [7, 11) is -3.09. The number of rotatable bonds is 3. The lowest BCUT2D eigenvalue weighted by Gasteiger charge is -2.21. The van der Waals surface area contributed by atoms with Gasteiger partial charge in [0.1, 0.15) is 0 Å². The molecule has 1 N–H and O–H groups in total. The Morgan fingerprint density at radius 1 is 1.16 bits per heavy atom. The highest BCUT2D eigenvalue weighted by molar-refractivity contribution is 7.91. The van der Waals surface area contributed by atoms with Gasteiger partial charge in [-0.05, 0) is 47.1 Å². The third kappa shape index (κ3) is 4.35. The standard InChI is InChI=1S/C23H28N4O3S/c1-14-6-8-16(9-7-14)19-12-18(22(28)25-23(3,4)5)20-15(2)26-27(21(20)24-19)17-10-11-31(29,30)13-17/h6-9,12,17H,10-11,13H2,1-5H3,(H,25,28). The third-order valence-corrected chi connectivity index (χ3v) is 7.22. The second-order valence-electron chi connectivity index (χ2n) is 9.41. The molecule has 1 aliphatic rings. The maximum absolute atomic E-state index is 13.2. The first-order valence-electron chi connectivity index (χ1n) is 10.4. The molecule has 1 saturated heterocycles. The Morgan fingerprint density at radius 2 is 1.84 bits per heavy atom. The fourth-order valence-corrected chi connectivity index (χ4v) is 5.69. The summed E-state index contributed by atoms with van der Waals surface area (Å²) in [6.45, 7) is 9.66. The Labute approximate surface area is 182 Å². The highest BCUT2D eigenvalue weighted by Crippen LogP contribution is 2.32. The predicted molar refractivity (Wildman–Crippen MR) is 122 cm³/mol. The lowest BCUT2D eigenvalue weighted by atomic mass is 10.0. The number of carbonyl (C=O) groups excluding carboxylic acids is 1. The van der Waals surface area contributed by atoms with E-state index in [0.29, 0.717) is 34.4 Å². The molecule has 1 atom stereocenters. The molecule has 3 heterocycles. The van der Waals surface area contributed by atoms with Crippen molar-refractivity contribution in [2.24, 2.45) is 0 Å². The van der Waals surface area contributed by atoms with E-state index in [0.717, 1.165) is 11.1 Å². The molecule has 0 saturated carbocycles. The fourth-order valence-electron chi connectivity index (χ4n) is 4.00. The zero-order valence-corrected chi connectivity index (χ0v) is 19.4. The van der Waals surface area contributed by atoms with Crippen LogP contribution < -0.4 is 5.32 Å². The maximum atomic E-state index is 13.2. The minimum Gasteiger partial charge on any atom is -0.347 e. The molecule has 7 nitrogen and oxygen atoms in total. The van der Waals surface area contributed by atoms with Gasteiger partial charge in [-0.2, -0.15) is 5.10 Å². The summed E-state index contributed by atoms with van der Waals surface area (Å²) < 4.78 is 25.9. The van der Waals surface area contributed by atoms with E-state index in [2.05, 4.69) is 10.4 Å². The summed E-state index contributed by atoms with van der Waals surface area (Å²) in [6, 6.07) is 9.48. The molecule has 2 aromatic heterocycles. The van der Waals surface area contributed by atoms with Crippen molar-refractivity contribution in [3.05, 3.63) is 47.2 Å². The van der Waals surface area contributed by atoms with E-state index in [-0.39, 0.29) is 23.5 Å². The van der Waals surface area contributed by atoms with E-state index in [4.69, 9.17) is 4.98 Å². The average molecular weight is 441 g/mol. The molecule has 0 radical (unpaired) electrons. The van der Waals surface area contributed by atoms with E-state index in [1.165, 1.54) is 0 Å². The van der Waals surface area contributed by atoms with Gasteiger partial charge in [0.25, 0.3) is 5.91 Å². The zero-order valence-electron chi connectivity index (χ0n) is 18.6. The number of aromatic nitrogens is 3. The smallest absolute Gasteiger partial charge is 0.252 e. The summed E-state index contributed by atoms with van der Waals surface area (Å²) in [5.74, 6) is -0.00837. The Hall–Kier alpha value is -2.74. The van der Waals surface area contributed by atoms with Crippen LogP contribution in [0.2, 0.25) is 0 Å². The fraction of sp³-hybridized carbons (Fsp3) is 0.435. The van der Waals surface area contributed by atoms with Gasteiger partial charge >= 0.3 is 0 Å². The number of nitrogens with one attached hydrogen (secondary N) is 1. The van der Waals surface area contributed by atoms with Crippen LogP contribution in [0.25, 0.3) is 22.3 Å². The van der Waals surface area contributed by atoms with Gasteiger partial charge in [0.05, 0.1) is 39.9 Å². The highest BCUT2D eigenvalue weighted by atomic mass is 32.2. The molecule has 4 rings (SSSR count). The molecular formula is C23H28N4O3S. The van der Waals surface area contributed by atoms with Gasteiger partial charge in [0.15, 0.2) is 15.5 Å². The number of amides is 1. The number of sulfone groups is 1. The van der Waals surface area contributed by atoms with Crippen molar-refractivity contribution in [3.8, 4) is 11.3 Å². The molecule has 0 spiro atoms. The van der Waals surface area contributed by atoms with E-state index in [9.17, 15) is 13.2 Å². The number of fused-ring (bicyclic) bond motifs is 1. The molecule has 1 amide bonds. The molecule has 164 valence electrons. The summed E-state index contributed by atoms with van der Waals surface area (Å²) in [5, 5.41) is 8.34. The van der Waals surface area contributed by atoms with Crippen LogP contribution in [0.4, 0.5) is 0 Å². The quantitative estimate of drug-likeness (QED) is 0.672. The van der Waals surface area contributed by atoms with Crippen LogP contribution in [0.5, 0.6) is 0 Å². The lowest BCUT2D eigenvalue weighted by molar-refractivity contribution is 0.0921. The van der Waals surface area contributed by atoms with Crippen molar-refractivity contribution >= 4 is 26.8 Å². The van der Waals surface area contributed by atoms with E-state index >= 15 is 0 Å². The zero-order chi connectivity index (χ0) is 22.6. The first-order chi connectivity index (χ1) is 14.4. The van der Waals surface area contributed by atoms with Crippen molar-refractivity contribution in [2.45, 2.75) is 52.6 Å². The molecular weight excluding hydrogens is 412 g/mol. The number of benzene rings is 1. The largest absolute Gasteiger partial charge is 0.347 e. The number of nitrogens with zero attached hydrogens (tertiary/aromatic N) is 3. The molecule has 8 heteroatoms. The minimum absolute atomic E-state index is 0.0448. The molecule has 0 bridgehead atoms. The van der Waals surface area contributed by atoms with Gasteiger partial charge in [0.2, 0.25) is 0 Å². The SMILES string of the molecule is Cc1ccc(-c2cc(C(=O)NC(C)(C)C)c3c(C)nn(C4CCS(=O)(=O)C4)c3n2)cc1. The van der Waals surface area contributed by atoms with Crippen molar-refractivity contribution in [1.29, 1.82) is 0 Å². The number of carbonyl (C=O) groups is 1. The van der Waals surface area contributed by atoms with Gasteiger partial charge in [0, 0.05) is 11.1 Å². The maximum Gasteiger partial charge on any atom is 0.252 e. The predicted octanol–water partition coefficient (Wildman–Crippen LogP) is 3.60. The van der Waals surface area contributed by atoms with Crippen LogP contribution in [0, 0.1) is 13.8 Å². The van der Waals surface area contributed by atoms with Crippen molar-refractivity contribution in [2.75, 3.05) is 11.5 Å². The Kier molecular flexibility index (Phi) is 5.16. The van der Waals surface area contributed by atoms with Crippen LogP contribution in [0.3, 0.4) is 0 Å². The van der Waals surface area contributed by atoms with Crippen LogP contribution >= 0.6 is 0 Å². The Balaban J connectivity index is 1.94. The number of hydrogen-bond donors (Lipinski definition) is 1. The van der Waals surface area contributed by atoms with E-state index in [1.54, 1.807) is 10.7 Å². The summed E-state index contributed by atoms with van der Waals surface area (Å²) in [6.07, 6.45) is 0.499.